The van der Waals surface area contributed by atoms with Gasteiger partial charge in [0.25, 0.3) is 0 Å². The highest BCUT2D eigenvalue weighted by Crippen LogP contribution is 2.31. The summed E-state index contributed by atoms with van der Waals surface area (Å²) in [5.41, 5.74) is 5.52. The molecule has 6 aromatic rings. The number of esters is 1. The van der Waals surface area contributed by atoms with Crippen molar-refractivity contribution in [2.75, 3.05) is 32.7 Å². The number of rotatable bonds is 16. The molecule has 0 saturated carbocycles. The van der Waals surface area contributed by atoms with Crippen LogP contribution in [0, 0.1) is 5.92 Å². The minimum atomic E-state index is -0.836. The Bertz CT molecular complexity index is 2500. The molecule has 3 atom stereocenters. The molecule has 314 valence electrons. The summed E-state index contributed by atoms with van der Waals surface area (Å²) >= 11 is 0. The molecule has 61 heavy (non-hydrogen) atoms. The second kappa shape index (κ2) is 19.3. The number of aromatic amines is 1. The molecule has 3 aliphatic rings. The van der Waals surface area contributed by atoms with Gasteiger partial charge in [0.1, 0.15) is 30.8 Å². The molecule has 4 heterocycles. The van der Waals surface area contributed by atoms with Gasteiger partial charge in [-0.3, -0.25) is 9.69 Å². The van der Waals surface area contributed by atoms with E-state index in [-0.39, 0.29) is 30.6 Å². The molecule has 5 N–H and O–H groups in total. The molecule has 2 bridgehead atoms. The number of H-pyrrole nitrogens is 1. The number of hydrogen-bond acceptors (Lipinski definition) is 10. The van der Waals surface area contributed by atoms with Gasteiger partial charge in [0.2, 0.25) is 5.56 Å². The van der Waals surface area contributed by atoms with E-state index in [1.54, 1.807) is 30.3 Å². The van der Waals surface area contributed by atoms with Crippen LogP contribution in [0.2, 0.25) is 0 Å². The lowest BCUT2D eigenvalue weighted by molar-refractivity contribution is -0.0336. The Kier molecular flexibility index (Phi) is 13.0. The molecule has 0 spiro atoms. The maximum absolute atomic E-state index is 13.3. The molecule has 9 rings (SSSR count). The molecule has 5 aromatic carbocycles. The Morgan fingerprint density at radius 2 is 1.57 bits per heavy atom. The van der Waals surface area contributed by atoms with Crippen LogP contribution in [0.5, 0.6) is 11.5 Å². The maximum atomic E-state index is 13.3. The van der Waals surface area contributed by atoms with Crippen LogP contribution < -0.4 is 20.9 Å². The average molecular weight is 823 g/mol. The second-order valence-corrected chi connectivity index (χ2v) is 15.8. The van der Waals surface area contributed by atoms with Gasteiger partial charge in [0.05, 0.1) is 23.2 Å². The lowest BCUT2D eigenvalue weighted by Crippen LogP contribution is -2.52. The van der Waals surface area contributed by atoms with E-state index in [0.29, 0.717) is 53.2 Å². The quantitative estimate of drug-likeness (QED) is 0.0511. The van der Waals surface area contributed by atoms with Crippen LogP contribution in [-0.2, 0) is 29.1 Å². The van der Waals surface area contributed by atoms with Gasteiger partial charge in [-0.05, 0) is 115 Å². The molecule has 0 radical (unpaired) electrons. The summed E-state index contributed by atoms with van der Waals surface area (Å²) in [7, 11) is 0. The lowest BCUT2D eigenvalue weighted by Gasteiger charge is -2.43. The number of aliphatic hydroxyl groups is 1. The highest BCUT2D eigenvalue weighted by molar-refractivity contribution is 5.89. The number of amides is 1. The number of nitrogens with one attached hydrogen (secondary N) is 3. The van der Waals surface area contributed by atoms with Gasteiger partial charge in [-0.25, -0.2) is 9.59 Å². The Morgan fingerprint density at radius 3 is 2.36 bits per heavy atom. The Labute approximate surface area is 354 Å². The summed E-state index contributed by atoms with van der Waals surface area (Å²) in [6, 6.07) is 38.1. The van der Waals surface area contributed by atoms with Gasteiger partial charge >= 0.3 is 12.1 Å². The molecule has 0 aliphatic carbocycles. The van der Waals surface area contributed by atoms with Crippen molar-refractivity contribution in [2.45, 2.75) is 50.7 Å². The number of fused-ring (bicyclic) bond motifs is 4. The molecule has 3 saturated heterocycles. The molecule has 1 amide bonds. The zero-order valence-corrected chi connectivity index (χ0v) is 33.8. The highest BCUT2D eigenvalue weighted by Gasteiger charge is 2.37. The maximum Gasteiger partial charge on any atom is 0.408 e. The number of aromatic nitrogens is 1. The Balaban J connectivity index is 0.804. The summed E-state index contributed by atoms with van der Waals surface area (Å²) in [6.45, 7) is 4.18. The third kappa shape index (κ3) is 10.5. The normalized spacial score (nSPS) is 18.0. The first kappa shape index (κ1) is 41.3. The van der Waals surface area contributed by atoms with Gasteiger partial charge in [0, 0.05) is 24.5 Å². The summed E-state index contributed by atoms with van der Waals surface area (Å²) in [5.74, 6) is 0.547. The number of alkyl carbamates (subject to hydrolysis) is 1. The first-order chi connectivity index (χ1) is 29.8. The van der Waals surface area contributed by atoms with E-state index in [1.807, 2.05) is 84.9 Å². The van der Waals surface area contributed by atoms with Crippen molar-refractivity contribution in [3.8, 4) is 11.5 Å². The molecule has 3 aliphatic heterocycles. The van der Waals surface area contributed by atoms with Crippen molar-refractivity contribution in [2.24, 2.45) is 5.92 Å². The fourth-order valence-electron chi connectivity index (χ4n) is 8.24. The van der Waals surface area contributed by atoms with Crippen LogP contribution in [0.1, 0.15) is 68.7 Å². The number of piperidine rings is 3. The van der Waals surface area contributed by atoms with Crippen molar-refractivity contribution >= 4 is 23.0 Å². The van der Waals surface area contributed by atoms with Crippen LogP contribution in [0.4, 0.5) is 4.79 Å². The smallest absolute Gasteiger partial charge is 0.408 e. The molecule has 1 aromatic heterocycles. The number of phenolic OH excluding ortho intramolecular Hbond substituents is 1. The molecular weight excluding hydrogens is 773 g/mol. The second-order valence-electron chi connectivity index (χ2n) is 15.8. The van der Waals surface area contributed by atoms with Gasteiger partial charge in [0.15, 0.2) is 0 Å². The van der Waals surface area contributed by atoms with Crippen LogP contribution in [-0.4, -0.2) is 71.0 Å². The number of aliphatic hydroxyl groups excluding tert-OH is 1. The van der Waals surface area contributed by atoms with E-state index in [0.717, 1.165) is 60.3 Å². The number of carbonyl (C=O) groups excluding carboxylic acids is 2. The third-order valence-electron chi connectivity index (χ3n) is 11.6. The molecule has 12 heteroatoms. The summed E-state index contributed by atoms with van der Waals surface area (Å²) in [4.78, 5) is 43.0. The first-order valence-corrected chi connectivity index (χ1v) is 20.8. The summed E-state index contributed by atoms with van der Waals surface area (Å²) in [5, 5.41) is 27.9. The molecule has 3 fully saturated rings. The average Bonchev–Trinajstić information content (AvgIpc) is 3.29. The van der Waals surface area contributed by atoms with Gasteiger partial charge in [-0.1, -0.05) is 84.9 Å². The molecular formula is C49H50N4O8. The predicted molar refractivity (Wildman–Crippen MR) is 231 cm³/mol. The van der Waals surface area contributed by atoms with E-state index < -0.39 is 24.2 Å². The highest BCUT2D eigenvalue weighted by atomic mass is 16.6. The zero-order chi connectivity index (χ0) is 42.1. The van der Waals surface area contributed by atoms with Crippen molar-refractivity contribution in [1.29, 1.82) is 0 Å². The Hall–Kier alpha value is -6.47. The SMILES string of the molecule is O=C(N[C@@H](c1ccccc1)c1cccc(OCc2cccc(C(=O)OCc3ccc(CCNCC(O)c4ccc(O)c5[nH]c(=O)ccc45)cc3)c2)c1)OC1CN2CCC1CC2. The topological polar surface area (TPSA) is 162 Å². The van der Waals surface area contributed by atoms with Gasteiger partial charge in [-0.15, -0.1) is 0 Å². The molecule has 12 nitrogen and oxygen atoms in total. The monoisotopic (exact) mass is 822 g/mol. The summed E-state index contributed by atoms with van der Waals surface area (Å²) in [6.07, 6.45) is 1.48. The minimum absolute atomic E-state index is 0.0484. The van der Waals surface area contributed by atoms with Gasteiger partial charge < -0.3 is 40.0 Å². The van der Waals surface area contributed by atoms with E-state index >= 15 is 0 Å². The van der Waals surface area contributed by atoms with Crippen molar-refractivity contribution in [1.82, 2.24) is 20.5 Å². The number of phenols is 1. The standard InChI is InChI=1S/C49H50N4O8/c54-42-18-16-40(41-17-19-45(56)51-47(41)42)43(55)28-50-23-20-32-12-14-33(15-13-32)30-60-48(57)38-10-4-6-34(26-38)31-59-39-11-5-9-37(27-39)46(36-7-2-1-3-8-36)52-49(58)61-44-29-53-24-21-35(44)22-25-53/h1-19,26-27,35,43-44,46,50,54-55H,20-25,28-31H2,(H,51,56)(H,52,58)/t43?,44?,46-/m0/s1. The number of hydrogen-bond donors (Lipinski definition) is 5. The fourth-order valence-corrected chi connectivity index (χ4v) is 8.24. The van der Waals surface area contributed by atoms with E-state index in [1.165, 1.54) is 12.1 Å². The van der Waals surface area contributed by atoms with Crippen LogP contribution in [0.15, 0.2) is 132 Å². The molecule has 2 unspecified atom stereocenters. The van der Waals surface area contributed by atoms with E-state index in [9.17, 15) is 24.6 Å². The number of pyridine rings is 1. The van der Waals surface area contributed by atoms with Crippen molar-refractivity contribution in [3.63, 3.8) is 0 Å². The van der Waals surface area contributed by atoms with Crippen molar-refractivity contribution < 1.29 is 34.0 Å². The zero-order valence-electron chi connectivity index (χ0n) is 33.8. The largest absolute Gasteiger partial charge is 0.506 e. The number of benzene rings is 5. The number of carbonyl (C=O) groups is 2. The van der Waals surface area contributed by atoms with Crippen LogP contribution in [0.25, 0.3) is 10.9 Å². The van der Waals surface area contributed by atoms with E-state index in [2.05, 4.69) is 20.5 Å². The number of aromatic hydroxyl groups is 1. The fraction of sp³-hybridized carbons (Fsp3) is 0.286. The first-order valence-electron chi connectivity index (χ1n) is 20.8. The van der Waals surface area contributed by atoms with Gasteiger partial charge in [-0.2, -0.15) is 0 Å². The number of nitrogens with zero attached hydrogens (tertiary/aromatic N) is 1. The van der Waals surface area contributed by atoms with Crippen LogP contribution >= 0.6 is 0 Å². The number of ether oxygens (including phenoxy) is 3. The van der Waals surface area contributed by atoms with Crippen molar-refractivity contribution in [3.05, 3.63) is 177 Å². The predicted octanol–water partition coefficient (Wildman–Crippen LogP) is 6.95. The minimum Gasteiger partial charge on any atom is -0.506 e. The summed E-state index contributed by atoms with van der Waals surface area (Å²) < 4.78 is 17.8. The Morgan fingerprint density at radius 1 is 0.803 bits per heavy atom. The van der Waals surface area contributed by atoms with E-state index in [4.69, 9.17) is 14.2 Å². The lowest BCUT2D eigenvalue weighted by atomic mass is 9.86. The van der Waals surface area contributed by atoms with Crippen LogP contribution in [0.3, 0.4) is 0 Å². The third-order valence-corrected chi connectivity index (χ3v) is 11.6.